The van der Waals surface area contributed by atoms with Gasteiger partial charge in [0, 0.05) is 10.5 Å². The predicted octanol–water partition coefficient (Wildman–Crippen LogP) is 4.72. The molecule has 23 heavy (non-hydrogen) atoms. The zero-order valence-electron chi connectivity index (χ0n) is 14.1. The summed E-state index contributed by atoms with van der Waals surface area (Å²) in [5.74, 6) is 0. The Morgan fingerprint density at radius 1 is 0.957 bits per heavy atom. The number of rotatable bonds is 4. The lowest BCUT2D eigenvalue weighted by molar-refractivity contribution is 0.565. The van der Waals surface area contributed by atoms with Crippen molar-refractivity contribution in [3.05, 3.63) is 62.6 Å². The Morgan fingerprint density at radius 2 is 1.43 bits per heavy atom. The molecule has 0 saturated carbocycles. The third-order valence-corrected chi connectivity index (χ3v) is 6.61. The van der Waals surface area contributed by atoms with Crippen molar-refractivity contribution in [2.75, 3.05) is 0 Å². The van der Waals surface area contributed by atoms with Crippen molar-refractivity contribution in [1.29, 1.82) is 0 Å². The third kappa shape index (κ3) is 3.84. The molecule has 124 valence electrons. The first-order chi connectivity index (χ1) is 10.6. The highest BCUT2D eigenvalue weighted by Crippen LogP contribution is 2.27. The van der Waals surface area contributed by atoms with Gasteiger partial charge in [-0.1, -0.05) is 34.1 Å². The minimum Gasteiger partial charge on any atom is -0.207 e. The summed E-state index contributed by atoms with van der Waals surface area (Å²) in [5.41, 5.74) is 4.53. The van der Waals surface area contributed by atoms with Gasteiger partial charge in [-0.2, -0.15) is 0 Å². The average molecular weight is 396 g/mol. The summed E-state index contributed by atoms with van der Waals surface area (Å²) in [6.07, 6.45) is 0. The fraction of sp³-hybridized carbons (Fsp3) is 0.333. The average Bonchev–Trinajstić information content (AvgIpc) is 2.45. The molecular weight excluding hydrogens is 374 g/mol. The zero-order valence-corrected chi connectivity index (χ0v) is 16.5. The normalized spacial score (nSPS) is 13.1. The van der Waals surface area contributed by atoms with Crippen LogP contribution in [0.3, 0.4) is 0 Å². The number of nitrogens with one attached hydrogen (secondary N) is 1. The van der Waals surface area contributed by atoms with Crippen LogP contribution in [0.4, 0.5) is 0 Å². The van der Waals surface area contributed by atoms with Gasteiger partial charge in [-0.3, -0.25) is 0 Å². The minimum atomic E-state index is -3.59. The molecule has 2 aromatic rings. The van der Waals surface area contributed by atoms with E-state index in [1.807, 2.05) is 65.0 Å². The number of hydrogen-bond acceptors (Lipinski definition) is 2. The molecule has 3 nitrogen and oxygen atoms in total. The second-order valence-electron chi connectivity index (χ2n) is 5.98. The van der Waals surface area contributed by atoms with Crippen molar-refractivity contribution in [3.8, 4) is 0 Å². The van der Waals surface area contributed by atoms with Crippen LogP contribution >= 0.6 is 15.9 Å². The Balaban J connectivity index is 2.42. The van der Waals surface area contributed by atoms with Crippen LogP contribution in [0.2, 0.25) is 0 Å². The maximum absolute atomic E-state index is 12.9. The lowest BCUT2D eigenvalue weighted by Gasteiger charge is -2.19. The quantitative estimate of drug-likeness (QED) is 0.813. The highest BCUT2D eigenvalue weighted by Gasteiger charge is 2.24. The SMILES string of the molecule is Cc1cc(C)c(C)c(S(=O)(=O)NC(C)c2ccc(Br)cc2)c1C. The molecular formula is C18H22BrNO2S. The van der Waals surface area contributed by atoms with Crippen LogP contribution in [0, 0.1) is 27.7 Å². The van der Waals surface area contributed by atoms with Crippen molar-refractivity contribution in [2.45, 2.75) is 45.6 Å². The fourth-order valence-corrected chi connectivity index (χ4v) is 4.81. The van der Waals surface area contributed by atoms with Gasteiger partial charge >= 0.3 is 0 Å². The van der Waals surface area contributed by atoms with E-state index in [1.165, 1.54) is 0 Å². The zero-order chi connectivity index (χ0) is 17.4. The number of halogens is 1. The number of hydrogen-bond donors (Lipinski definition) is 1. The van der Waals surface area contributed by atoms with Gasteiger partial charge in [0.2, 0.25) is 10.0 Å². The molecule has 0 saturated heterocycles. The van der Waals surface area contributed by atoms with Gasteiger partial charge in [0.15, 0.2) is 0 Å². The molecule has 1 atom stereocenters. The van der Waals surface area contributed by atoms with E-state index in [1.54, 1.807) is 0 Å². The largest absolute Gasteiger partial charge is 0.241 e. The van der Waals surface area contributed by atoms with Gasteiger partial charge in [-0.05, 0) is 74.6 Å². The minimum absolute atomic E-state index is 0.298. The molecule has 0 radical (unpaired) electrons. The molecule has 1 N–H and O–H groups in total. The van der Waals surface area contributed by atoms with Crippen molar-refractivity contribution < 1.29 is 8.42 Å². The van der Waals surface area contributed by atoms with Gasteiger partial charge < -0.3 is 0 Å². The van der Waals surface area contributed by atoms with E-state index in [4.69, 9.17) is 0 Å². The van der Waals surface area contributed by atoms with Gasteiger partial charge in [0.1, 0.15) is 0 Å². The Morgan fingerprint density at radius 3 is 1.91 bits per heavy atom. The van der Waals surface area contributed by atoms with Crippen molar-refractivity contribution in [1.82, 2.24) is 4.72 Å². The van der Waals surface area contributed by atoms with E-state index in [2.05, 4.69) is 20.7 Å². The number of benzene rings is 2. The summed E-state index contributed by atoms with van der Waals surface area (Å²) >= 11 is 3.39. The van der Waals surface area contributed by atoms with Crippen LogP contribution in [0.15, 0.2) is 39.7 Å². The van der Waals surface area contributed by atoms with E-state index in [9.17, 15) is 8.42 Å². The Labute approximate surface area is 147 Å². The molecule has 0 aliphatic heterocycles. The molecule has 0 aromatic heterocycles. The summed E-state index contributed by atoms with van der Waals surface area (Å²) in [6.45, 7) is 9.47. The van der Waals surface area contributed by atoms with Crippen LogP contribution in [-0.2, 0) is 10.0 Å². The van der Waals surface area contributed by atoms with E-state index < -0.39 is 10.0 Å². The molecule has 2 rings (SSSR count). The van der Waals surface area contributed by atoms with Crippen molar-refractivity contribution in [3.63, 3.8) is 0 Å². The van der Waals surface area contributed by atoms with Gasteiger partial charge in [0.25, 0.3) is 0 Å². The molecule has 0 amide bonds. The maximum atomic E-state index is 12.9. The van der Waals surface area contributed by atoms with Gasteiger partial charge in [-0.15, -0.1) is 0 Å². The summed E-state index contributed by atoms with van der Waals surface area (Å²) in [7, 11) is -3.59. The third-order valence-electron chi connectivity index (χ3n) is 4.27. The van der Waals surface area contributed by atoms with E-state index in [-0.39, 0.29) is 6.04 Å². The first-order valence-electron chi connectivity index (χ1n) is 7.48. The standard InChI is InChI=1S/C18H22BrNO2S/c1-11-10-12(2)14(4)18(13(11)3)23(21,22)20-15(5)16-6-8-17(19)9-7-16/h6-10,15,20H,1-5H3. The first kappa shape index (κ1) is 18.2. The number of aryl methyl sites for hydroxylation is 2. The smallest absolute Gasteiger partial charge is 0.207 e. The van der Waals surface area contributed by atoms with E-state index in [0.29, 0.717) is 4.90 Å². The van der Waals surface area contributed by atoms with Crippen molar-refractivity contribution in [2.24, 2.45) is 0 Å². The molecule has 0 heterocycles. The summed E-state index contributed by atoms with van der Waals surface area (Å²) in [5, 5.41) is 0. The molecule has 0 spiro atoms. The Bertz CT molecular complexity index is 801. The topological polar surface area (TPSA) is 46.2 Å². The van der Waals surface area contributed by atoms with Crippen LogP contribution in [-0.4, -0.2) is 8.42 Å². The molecule has 0 aliphatic carbocycles. The molecule has 2 aromatic carbocycles. The fourth-order valence-electron chi connectivity index (χ4n) is 2.69. The highest BCUT2D eigenvalue weighted by atomic mass is 79.9. The van der Waals surface area contributed by atoms with E-state index >= 15 is 0 Å². The van der Waals surface area contributed by atoms with Crippen LogP contribution in [0.5, 0.6) is 0 Å². The maximum Gasteiger partial charge on any atom is 0.241 e. The first-order valence-corrected chi connectivity index (χ1v) is 9.76. The lowest BCUT2D eigenvalue weighted by atomic mass is 10.0. The second kappa shape index (κ2) is 6.75. The summed E-state index contributed by atoms with van der Waals surface area (Å²) < 4.78 is 29.6. The Hall–Kier alpha value is -1.17. The molecule has 1 unspecified atom stereocenters. The van der Waals surface area contributed by atoms with Gasteiger partial charge in [-0.25, -0.2) is 13.1 Å². The second-order valence-corrected chi connectivity index (χ2v) is 8.55. The summed E-state index contributed by atoms with van der Waals surface area (Å²) in [4.78, 5) is 0.402. The van der Waals surface area contributed by atoms with Crippen molar-refractivity contribution >= 4 is 26.0 Å². The van der Waals surface area contributed by atoms with Crippen LogP contribution in [0.1, 0.15) is 40.8 Å². The van der Waals surface area contributed by atoms with E-state index in [0.717, 1.165) is 32.3 Å². The predicted molar refractivity (Wildman–Crippen MR) is 98.3 cm³/mol. The number of sulfonamides is 1. The Kier molecular flexibility index (Phi) is 5.33. The van der Waals surface area contributed by atoms with Crippen LogP contribution < -0.4 is 4.72 Å². The summed E-state index contributed by atoms with van der Waals surface area (Å²) in [6, 6.07) is 9.38. The monoisotopic (exact) mass is 395 g/mol. The highest BCUT2D eigenvalue weighted by molar-refractivity contribution is 9.10. The molecule has 0 aliphatic rings. The van der Waals surface area contributed by atoms with Gasteiger partial charge in [0.05, 0.1) is 4.90 Å². The molecule has 5 heteroatoms. The van der Waals surface area contributed by atoms with Crippen LogP contribution in [0.25, 0.3) is 0 Å². The lowest BCUT2D eigenvalue weighted by Crippen LogP contribution is -2.28. The molecule has 0 fully saturated rings. The molecule has 0 bridgehead atoms.